The molecular weight excluding hydrogens is 186 g/mol. The molecule has 0 spiro atoms. The van der Waals surface area contributed by atoms with Crippen LogP contribution in [0.5, 0.6) is 0 Å². The van der Waals surface area contributed by atoms with Gasteiger partial charge in [0.2, 0.25) is 0 Å². The second-order valence-corrected chi connectivity index (χ2v) is 3.19. The van der Waals surface area contributed by atoms with E-state index in [1.807, 2.05) is 0 Å². The molecule has 0 saturated carbocycles. The van der Waals surface area contributed by atoms with Crippen molar-refractivity contribution >= 4 is 5.97 Å². The van der Waals surface area contributed by atoms with E-state index in [1.165, 1.54) is 20.8 Å². The highest BCUT2D eigenvalue weighted by atomic mass is 16.6. The number of aliphatic hydroxyl groups is 2. The van der Waals surface area contributed by atoms with Crippen molar-refractivity contribution in [2.45, 2.75) is 39.3 Å². The Hall–Kier alpha value is -0.910. The summed E-state index contributed by atoms with van der Waals surface area (Å²) in [7, 11) is 0. The summed E-state index contributed by atoms with van der Waals surface area (Å²) in [5.41, 5.74) is 0.239. The molecule has 0 bridgehead atoms. The summed E-state index contributed by atoms with van der Waals surface area (Å²) in [6.45, 7) is 7.82. The van der Waals surface area contributed by atoms with Crippen LogP contribution >= 0.6 is 0 Å². The third-order valence-electron chi connectivity index (χ3n) is 1.43. The Balaban J connectivity index is 4.23. The fraction of sp³-hybridized carbons (Fsp3) is 0.667. The van der Waals surface area contributed by atoms with Gasteiger partial charge >= 0.3 is 5.97 Å². The number of aliphatic hydroxyl groups excluding tert-OH is 2. The monoisotopic (exact) mass is 203 g/mol. The van der Waals surface area contributed by atoms with Gasteiger partial charge in [0.15, 0.2) is 6.23 Å². The van der Waals surface area contributed by atoms with Gasteiger partial charge < -0.3 is 14.9 Å². The van der Waals surface area contributed by atoms with Crippen molar-refractivity contribution in [1.82, 2.24) is 5.32 Å². The number of hydrogen-bond acceptors (Lipinski definition) is 5. The van der Waals surface area contributed by atoms with Gasteiger partial charge in [0.25, 0.3) is 0 Å². The number of ether oxygens (including phenoxy) is 1. The Morgan fingerprint density at radius 2 is 1.93 bits per heavy atom. The van der Waals surface area contributed by atoms with Gasteiger partial charge in [-0.2, -0.15) is 0 Å². The van der Waals surface area contributed by atoms with Crippen molar-refractivity contribution in [2.75, 3.05) is 0 Å². The Morgan fingerprint density at radius 1 is 1.43 bits per heavy atom. The maximum atomic E-state index is 11.1. The van der Waals surface area contributed by atoms with Crippen molar-refractivity contribution in [3.8, 4) is 0 Å². The largest absolute Gasteiger partial charge is 0.440 e. The Kier molecular flexibility index (Phi) is 5.37. The van der Waals surface area contributed by atoms with Gasteiger partial charge in [-0.25, -0.2) is 4.79 Å². The maximum absolute atomic E-state index is 11.1. The lowest BCUT2D eigenvalue weighted by Gasteiger charge is -2.23. The molecule has 14 heavy (non-hydrogen) atoms. The molecule has 0 aromatic carbocycles. The van der Waals surface area contributed by atoms with Crippen molar-refractivity contribution < 1.29 is 19.7 Å². The quantitative estimate of drug-likeness (QED) is 0.326. The van der Waals surface area contributed by atoms with E-state index in [9.17, 15) is 9.90 Å². The van der Waals surface area contributed by atoms with Crippen LogP contribution in [-0.4, -0.2) is 34.7 Å². The van der Waals surface area contributed by atoms with Crippen LogP contribution in [0.25, 0.3) is 0 Å². The molecule has 5 nitrogen and oxygen atoms in total. The molecule has 0 amide bonds. The van der Waals surface area contributed by atoms with Crippen molar-refractivity contribution in [3.63, 3.8) is 0 Å². The summed E-state index contributed by atoms with van der Waals surface area (Å²) in [5.74, 6) is -0.607. The van der Waals surface area contributed by atoms with E-state index < -0.39 is 24.5 Å². The lowest BCUT2D eigenvalue weighted by Crippen LogP contribution is -2.46. The van der Waals surface area contributed by atoms with Gasteiger partial charge in [-0.15, -0.1) is 0 Å². The molecular formula is C9H17NO4. The first-order valence-corrected chi connectivity index (χ1v) is 4.33. The molecule has 3 atom stereocenters. The maximum Gasteiger partial charge on any atom is 0.334 e. The summed E-state index contributed by atoms with van der Waals surface area (Å²) >= 11 is 0. The predicted octanol–water partition coefficient (Wildman–Crippen LogP) is -0.259. The normalized spacial score (nSPS) is 16.9. The van der Waals surface area contributed by atoms with Crippen LogP contribution in [0.4, 0.5) is 0 Å². The average molecular weight is 203 g/mol. The first kappa shape index (κ1) is 13.1. The molecule has 5 heteroatoms. The molecule has 3 N–H and O–H groups in total. The fourth-order valence-corrected chi connectivity index (χ4v) is 0.725. The fourth-order valence-electron chi connectivity index (χ4n) is 0.725. The van der Waals surface area contributed by atoms with E-state index in [4.69, 9.17) is 9.84 Å². The highest BCUT2D eigenvalue weighted by Gasteiger charge is 2.20. The first-order chi connectivity index (χ1) is 6.34. The molecule has 0 radical (unpaired) electrons. The lowest BCUT2D eigenvalue weighted by molar-refractivity contribution is -0.154. The molecule has 0 aliphatic carbocycles. The second kappa shape index (κ2) is 5.74. The van der Waals surface area contributed by atoms with Crippen LogP contribution < -0.4 is 5.32 Å². The molecule has 0 aromatic heterocycles. The number of hydrogen-bond donors (Lipinski definition) is 3. The van der Waals surface area contributed by atoms with Crippen LogP contribution in [0, 0.1) is 0 Å². The molecule has 0 aromatic rings. The number of carbonyl (C=O) groups excluding carboxylic acids is 1. The SMILES string of the molecule is C=C(C)C(=O)OC(NC(C)O)C(C)O. The minimum absolute atomic E-state index is 0.239. The second-order valence-electron chi connectivity index (χ2n) is 3.19. The van der Waals surface area contributed by atoms with Crippen molar-refractivity contribution in [2.24, 2.45) is 0 Å². The molecule has 0 rings (SSSR count). The Morgan fingerprint density at radius 3 is 2.21 bits per heavy atom. The van der Waals surface area contributed by atoms with Gasteiger partial charge in [0.05, 0.1) is 0 Å². The van der Waals surface area contributed by atoms with E-state index in [1.54, 1.807) is 0 Å². The zero-order valence-electron chi connectivity index (χ0n) is 8.65. The minimum Gasteiger partial charge on any atom is -0.440 e. The average Bonchev–Trinajstić information content (AvgIpc) is 2.01. The summed E-state index contributed by atoms with van der Waals surface area (Å²) in [6, 6.07) is 0. The first-order valence-electron chi connectivity index (χ1n) is 4.33. The highest BCUT2D eigenvalue weighted by molar-refractivity contribution is 5.87. The zero-order valence-corrected chi connectivity index (χ0v) is 8.65. The summed E-state index contributed by atoms with van der Waals surface area (Å²) in [4.78, 5) is 11.1. The third kappa shape index (κ3) is 4.96. The Bertz CT molecular complexity index is 213. The van der Waals surface area contributed by atoms with Gasteiger partial charge in [-0.3, -0.25) is 5.32 Å². The van der Waals surface area contributed by atoms with Crippen molar-refractivity contribution in [3.05, 3.63) is 12.2 Å². The van der Waals surface area contributed by atoms with Gasteiger partial charge in [-0.05, 0) is 20.8 Å². The smallest absolute Gasteiger partial charge is 0.334 e. The molecule has 0 fully saturated rings. The van der Waals surface area contributed by atoms with Crippen molar-refractivity contribution in [1.29, 1.82) is 0 Å². The number of carbonyl (C=O) groups is 1. The molecule has 0 aliphatic rings. The van der Waals surface area contributed by atoms with Crippen LogP contribution in [-0.2, 0) is 9.53 Å². The molecule has 0 saturated heterocycles. The topological polar surface area (TPSA) is 78.8 Å². The molecule has 0 heterocycles. The molecule has 82 valence electrons. The standard InChI is InChI=1S/C9H17NO4/c1-5(2)9(13)14-8(6(3)11)10-7(4)12/h6-8,10-12H,1H2,2-4H3. The van der Waals surface area contributed by atoms with E-state index in [-0.39, 0.29) is 5.57 Å². The summed E-state index contributed by atoms with van der Waals surface area (Å²) < 4.78 is 4.82. The van der Waals surface area contributed by atoms with E-state index in [0.717, 1.165) is 0 Å². The van der Waals surface area contributed by atoms with Crippen LogP contribution in [0.2, 0.25) is 0 Å². The highest BCUT2D eigenvalue weighted by Crippen LogP contribution is 2.01. The van der Waals surface area contributed by atoms with Gasteiger partial charge in [0.1, 0.15) is 12.3 Å². The summed E-state index contributed by atoms with van der Waals surface area (Å²) in [5, 5.41) is 20.7. The number of esters is 1. The third-order valence-corrected chi connectivity index (χ3v) is 1.43. The van der Waals surface area contributed by atoms with Gasteiger partial charge in [0, 0.05) is 5.57 Å². The van der Waals surface area contributed by atoms with Crippen LogP contribution in [0.1, 0.15) is 20.8 Å². The predicted molar refractivity (Wildman–Crippen MR) is 51.2 cm³/mol. The zero-order chi connectivity index (χ0) is 11.3. The van der Waals surface area contributed by atoms with Crippen LogP contribution in [0.15, 0.2) is 12.2 Å². The lowest BCUT2D eigenvalue weighted by atomic mass is 10.3. The van der Waals surface area contributed by atoms with E-state index >= 15 is 0 Å². The van der Waals surface area contributed by atoms with Gasteiger partial charge in [-0.1, -0.05) is 6.58 Å². The van der Waals surface area contributed by atoms with Crippen LogP contribution in [0.3, 0.4) is 0 Å². The molecule has 0 aliphatic heterocycles. The Labute approximate surface area is 83.4 Å². The van der Waals surface area contributed by atoms with E-state index in [0.29, 0.717) is 0 Å². The minimum atomic E-state index is -0.931. The molecule has 3 unspecified atom stereocenters. The number of nitrogens with one attached hydrogen (secondary N) is 1. The number of rotatable bonds is 5. The summed E-state index contributed by atoms with van der Waals surface area (Å²) in [6.07, 6.45) is -2.71. The van der Waals surface area contributed by atoms with E-state index in [2.05, 4.69) is 11.9 Å².